The van der Waals surface area contributed by atoms with E-state index in [9.17, 15) is 17.6 Å². The van der Waals surface area contributed by atoms with Crippen molar-refractivity contribution in [2.75, 3.05) is 6.26 Å². The molecule has 0 heterocycles. The Hall–Kier alpha value is -1.90. The maximum atomic E-state index is 13.2. The molecule has 26 heavy (non-hydrogen) atoms. The zero-order valence-corrected chi connectivity index (χ0v) is 16.2. The molecule has 0 bridgehead atoms. The van der Waals surface area contributed by atoms with Crippen LogP contribution in [0.15, 0.2) is 53.4 Å². The van der Waals surface area contributed by atoms with Crippen LogP contribution in [0.5, 0.6) is 0 Å². The van der Waals surface area contributed by atoms with Crippen molar-refractivity contribution in [1.29, 1.82) is 0 Å². The molecule has 0 aliphatic heterocycles. The summed E-state index contributed by atoms with van der Waals surface area (Å²) in [7, 11) is -3.74. The van der Waals surface area contributed by atoms with E-state index in [2.05, 4.69) is 10.0 Å². The minimum Gasteiger partial charge on any atom is -0.351 e. The lowest BCUT2D eigenvalue weighted by molar-refractivity contribution is -0.120. The molecule has 140 valence electrons. The summed E-state index contributed by atoms with van der Waals surface area (Å²) in [6.45, 7) is 2.04. The van der Waals surface area contributed by atoms with Crippen LogP contribution in [0.25, 0.3) is 0 Å². The molecule has 0 saturated heterocycles. The Morgan fingerprint density at radius 1 is 1.12 bits per heavy atom. The normalized spacial score (nSPS) is 12.6. The van der Waals surface area contributed by atoms with E-state index in [1.54, 1.807) is 25.1 Å². The highest BCUT2D eigenvalue weighted by molar-refractivity contribution is 7.99. The third kappa shape index (κ3) is 5.82. The topological polar surface area (TPSA) is 75.3 Å². The maximum Gasteiger partial charge on any atom is 0.240 e. The fourth-order valence-corrected chi connectivity index (χ4v) is 3.56. The fourth-order valence-electron chi connectivity index (χ4n) is 2.17. The molecular weight excluding hydrogens is 375 g/mol. The lowest BCUT2D eigenvalue weighted by Crippen LogP contribution is -2.30. The Morgan fingerprint density at radius 2 is 1.77 bits per heavy atom. The lowest BCUT2D eigenvalue weighted by Gasteiger charge is -2.11. The highest BCUT2D eigenvalue weighted by atomic mass is 32.2. The molecule has 2 aromatic rings. The molecule has 0 unspecified atom stereocenters. The zero-order valence-electron chi connectivity index (χ0n) is 14.5. The number of nitrogens with one attached hydrogen (secondary N) is 2. The van der Waals surface area contributed by atoms with Gasteiger partial charge in [0, 0.05) is 13.1 Å². The molecule has 0 aromatic heterocycles. The van der Waals surface area contributed by atoms with Crippen LogP contribution >= 0.6 is 11.8 Å². The summed E-state index contributed by atoms with van der Waals surface area (Å²) < 4.78 is 40.5. The summed E-state index contributed by atoms with van der Waals surface area (Å²) in [5.41, 5.74) is 1.21. The van der Waals surface area contributed by atoms with Gasteiger partial charge in [0.05, 0.1) is 10.1 Å². The van der Waals surface area contributed by atoms with E-state index < -0.39 is 15.8 Å². The molecular formula is C18H21FN2O3S2. The first-order valence-corrected chi connectivity index (χ1v) is 10.7. The van der Waals surface area contributed by atoms with Gasteiger partial charge in [0.25, 0.3) is 0 Å². The molecule has 0 radical (unpaired) electrons. The molecule has 0 fully saturated rings. The van der Waals surface area contributed by atoms with Crippen LogP contribution in [-0.4, -0.2) is 25.8 Å². The molecule has 1 atom stereocenters. The van der Waals surface area contributed by atoms with E-state index in [1.807, 2.05) is 6.26 Å². The van der Waals surface area contributed by atoms with Gasteiger partial charge in [-0.1, -0.05) is 24.3 Å². The quantitative estimate of drug-likeness (QED) is 0.719. The van der Waals surface area contributed by atoms with Crippen molar-refractivity contribution in [3.63, 3.8) is 0 Å². The number of hydrogen-bond donors (Lipinski definition) is 2. The lowest BCUT2D eigenvalue weighted by atomic mass is 10.2. The van der Waals surface area contributed by atoms with Crippen LogP contribution in [0.2, 0.25) is 0 Å². The van der Waals surface area contributed by atoms with E-state index in [0.29, 0.717) is 11.1 Å². The summed E-state index contributed by atoms with van der Waals surface area (Å²) in [5.74, 6) is -0.520. The van der Waals surface area contributed by atoms with Crippen LogP contribution in [-0.2, 0) is 27.9 Å². The van der Waals surface area contributed by atoms with Crippen molar-refractivity contribution in [2.24, 2.45) is 0 Å². The highest BCUT2D eigenvalue weighted by Gasteiger charge is 2.15. The van der Waals surface area contributed by atoms with Crippen molar-refractivity contribution in [3.8, 4) is 0 Å². The van der Waals surface area contributed by atoms with Crippen molar-refractivity contribution < 1.29 is 17.6 Å². The Kier molecular flexibility index (Phi) is 7.19. The monoisotopic (exact) mass is 396 g/mol. The maximum absolute atomic E-state index is 13.2. The molecule has 0 aliphatic carbocycles. The predicted octanol–water partition coefficient (Wildman–Crippen LogP) is 2.67. The molecule has 2 N–H and O–H groups in total. The summed E-state index contributed by atoms with van der Waals surface area (Å²) >= 11 is 1.44. The van der Waals surface area contributed by atoms with Gasteiger partial charge in [0.15, 0.2) is 0 Å². The SMILES string of the molecule is CS[C@@H](C)C(=O)NCc1cccc(S(=O)(=O)NCc2cccc(F)c2)c1. The molecule has 2 aromatic carbocycles. The molecule has 0 aliphatic rings. The third-order valence-corrected chi connectivity index (χ3v) is 6.07. The number of amides is 1. The van der Waals surface area contributed by atoms with Crippen molar-refractivity contribution >= 4 is 27.7 Å². The smallest absolute Gasteiger partial charge is 0.240 e. The molecule has 8 heteroatoms. The van der Waals surface area contributed by atoms with Crippen LogP contribution < -0.4 is 10.0 Å². The standard InChI is InChI=1S/C18H21FN2O3S2/c1-13(25-2)18(22)20-11-15-6-4-8-17(10-15)26(23,24)21-12-14-5-3-7-16(19)9-14/h3-10,13,21H,11-12H2,1-2H3,(H,20,22)/t13-/m0/s1. The van der Waals surface area contributed by atoms with Gasteiger partial charge in [-0.25, -0.2) is 17.5 Å². The van der Waals surface area contributed by atoms with E-state index >= 15 is 0 Å². The van der Waals surface area contributed by atoms with E-state index in [1.165, 1.54) is 42.1 Å². The largest absolute Gasteiger partial charge is 0.351 e. The third-order valence-electron chi connectivity index (χ3n) is 3.75. The van der Waals surface area contributed by atoms with Gasteiger partial charge in [-0.05, 0) is 48.6 Å². The molecule has 0 saturated carbocycles. The number of carbonyl (C=O) groups is 1. The molecule has 0 spiro atoms. The number of benzene rings is 2. The summed E-state index contributed by atoms with van der Waals surface area (Å²) in [6, 6.07) is 12.1. The van der Waals surface area contributed by atoms with Crippen molar-refractivity contribution in [1.82, 2.24) is 10.0 Å². The van der Waals surface area contributed by atoms with E-state index in [-0.39, 0.29) is 29.1 Å². The number of halogens is 1. The minimum atomic E-state index is -3.74. The van der Waals surface area contributed by atoms with Crippen molar-refractivity contribution in [3.05, 3.63) is 65.5 Å². The van der Waals surface area contributed by atoms with Crippen LogP contribution in [0, 0.1) is 5.82 Å². The Labute approximate surface area is 157 Å². The molecule has 5 nitrogen and oxygen atoms in total. The summed E-state index contributed by atoms with van der Waals surface area (Å²) in [4.78, 5) is 11.9. The Balaban J connectivity index is 2.04. The van der Waals surface area contributed by atoms with Gasteiger partial charge in [-0.3, -0.25) is 4.79 Å². The summed E-state index contributed by atoms with van der Waals surface area (Å²) in [5, 5.41) is 2.60. The second-order valence-electron chi connectivity index (χ2n) is 5.70. The Bertz CT molecular complexity index is 872. The average molecular weight is 397 g/mol. The number of thioether (sulfide) groups is 1. The zero-order chi connectivity index (χ0) is 19.2. The van der Waals surface area contributed by atoms with E-state index in [0.717, 1.165) is 0 Å². The number of carbonyl (C=O) groups excluding carboxylic acids is 1. The van der Waals surface area contributed by atoms with Gasteiger partial charge >= 0.3 is 0 Å². The summed E-state index contributed by atoms with van der Waals surface area (Å²) in [6.07, 6.45) is 1.85. The Morgan fingerprint density at radius 3 is 2.42 bits per heavy atom. The first-order valence-electron chi connectivity index (χ1n) is 7.95. The predicted molar refractivity (Wildman–Crippen MR) is 102 cm³/mol. The second kappa shape index (κ2) is 9.16. The van der Waals surface area contributed by atoms with Crippen LogP contribution in [0.1, 0.15) is 18.1 Å². The fraction of sp³-hybridized carbons (Fsp3) is 0.278. The van der Waals surface area contributed by atoms with Gasteiger partial charge in [0.1, 0.15) is 5.82 Å². The minimum absolute atomic E-state index is 0.00764. The van der Waals surface area contributed by atoms with Gasteiger partial charge in [-0.15, -0.1) is 0 Å². The van der Waals surface area contributed by atoms with Crippen LogP contribution in [0.4, 0.5) is 4.39 Å². The average Bonchev–Trinajstić information content (AvgIpc) is 2.64. The number of hydrogen-bond acceptors (Lipinski definition) is 4. The number of sulfonamides is 1. The highest BCUT2D eigenvalue weighted by Crippen LogP contribution is 2.13. The van der Waals surface area contributed by atoms with Gasteiger partial charge < -0.3 is 5.32 Å². The number of rotatable bonds is 8. The molecule has 1 amide bonds. The molecule has 2 rings (SSSR count). The van der Waals surface area contributed by atoms with E-state index in [4.69, 9.17) is 0 Å². The van der Waals surface area contributed by atoms with Crippen molar-refractivity contribution in [2.45, 2.75) is 30.2 Å². The van der Waals surface area contributed by atoms with Gasteiger partial charge in [0.2, 0.25) is 15.9 Å². The second-order valence-corrected chi connectivity index (χ2v) is 8.64. The first kappa shape index (κ1) is 20.4. The first-order chi connectivity index (χ1) is 12.3. The van der Waals surface area contributed by atoms with Crippen LogP contribution in [0.3, 0.4) is 0 Å². The van der Waals surface area contributed by atoms with Gasteiger partial charge in [-0.2, -0.15) is 11.8 Å².